The van der Waals surface area contributed by atoms with Gasteiger partial charge in [-0.3, -0.25) is 4.79 Å². The highest BCUT2D eigenvalue weighted by Crippen LogP contribution is 2.44. The third-order valence-electron chi connectivity index (χ3n) is 3.96. The van der Waals surface area contributed by atoms with E-state index in [-0.39, 0.29) is 26.1 Å². The molecule has 0 heterocycles. The quantitative estimate of drug-likeness (QED) is 0.741. The van der Waals surface area contributed by atoms with Crippen LogP contribution in [0.4, 0.5) is 0 Å². The van der Waals surface area contributed by atoms with E-state index in [9.17, 15) is 13.2 Å². The van der Waals surface area contributed by atoms with E-state index < -0.39 is 21.5 Å². The standard InChI is InChI=1S/C17H12Cl3NO4S/c1-25-17(21-26(23,24)11-8-6-10(18)7-9-11)13-5-3-2-4-12(13)15(22)14(19)16(17)20/h2-9,21H,1H3/t17-/m1/s1. The predicted molar refractivity (Wildman–Crippen MR) is 100.0 cm³/mol. The summed E-state index contributed by atoms with van der Waals surface area (Å²) >= 11 is 18.2. The average molecular weight is 433 g/mol. The molecule has 0 aliphatic heterocycles. The molecule has 2 aromatic carbocycles. The van der Waals surface area contributed by atoms with Crippen molar-refractivity contribution in [2.45, 2.75) is 10.6 Å². The SMILES string of the molecule is CO[C@@]1(NS(=O)(=O)c2ccc(Cl)cc2)C(Cl)=C(Cl)C(=O)c2ccccc21. The monoisotopic (exact) mass is 431 g/mol. The number of Topliss-reactive ketones (excluding diaryl/α,β-unsaturated/α-hetero) is 1. The number of allylic oxidation sites excluding steroid dienone is 1. The van der Waals surface area contributed by atoms with Gasteiger partial charge in [0.2, 0.25) is 15.8 Å². The van der Waals surface area contributed by atoms with Gasteiger partial charge in [0, 0.05) is 23.3 Å². The van der Waals surface area contributed by atoms with E-state index >= 15 is 0 Å². The molecule has 0 aromatic heterocycles. The summed E-state index contributed by atoms with van der Waals surface area (Å²) < 4.78 is 33.7. The Labute approximate surface area is 165 Å². The molecule has 1 aliphatic rings. The molecule has 0 saturated heterocycles. The van der Waals surface area contributed by atoms with E-state index in [2.05, 4.69) is 4.72 Å². The van der Waals surface area contributed by atoms with Gasteiger partial charge < -0.3 is 4.74 Å². The van der Waals surface area contributed by atoms with E-state index in [4.69, 9.17) is 39.5 Å². The van der Waals surface area contributed by atoms with Crippen LogP contribution in [0.15, 0.2) is 63.5 Å². The minimum atomic E-state index is -4.09. The Hall–Kier alpha value is -1.41. The molecule has 1 atom stereocenters. The third kappa shape index (κ3) is 3.07. The lowest BCUT2D eigenvalue weighted by atomic mass is 9.89. The predicted octanol–water partition coefficient (Wildman–Crippen LogP) is 4.00. The van der Waals surface area contributed by atoms with Crippen LogP contribution in [0.1, 0.15) is 15.9 Å². The fraction of sp³-hybridized carbons (Fsp3) is 0.118. The van der Waals surface area contributed by atoms with Crippen LogP contribution in [0.25, 0.3) is 0 Å². The van der Waals surface area contributed by atoms with E-state index in [1.807, 2.05) is 0 Å². The molecule has 0 unspecified atom stereocenters. The van der Waals surface area contributed by atoms with Crippen molar-refractivity contribution >= 4 is 50.6 Å². The number of methoxy groups -OCH3 is 1. The van der Waals surface area contributed by atoms with Gasteiger partial charge in [0.05, 0.1) is 9.93 Å². The number of hydrogen-bond acceptors (Lipinski definition) is 4. The van der Waals surface area contributed by atoms with Gasteiger partial charge in [-0.05, 0) is 24.3 Å². The van der Waals surface area contributed by atoms with Gasteiger partial charge in [-0.2, -0.15) is 4.72 Å². The second kappa shape index (κ2) is 6.96. The molecular weight excluding hydrogens is 421 g/mol. The lowest BCUT2D eigenvalue weighted by Crippen LogP contribution is -2.50. The smallest absolute Gasteiger partial charge is 0.243 e. The molecule has 0 bridgehead atoms. The number of rotatable bonds is 4. The average Bonchev–Trinajstić information content (AvgIpc) is 2.64. The molecule has 0 radical (unpaired) electrons. The van der Waals surface area contributed by atoms with E-state index in [1.165, 1.54) is 37.4 Å². The maximum atomic E-state index is 12.9. The number of halogens is 3. The number of sulfonamides is 1. The number of carbonyl (C=O) groups is 1. The van der Waals surface area contributed by atoms with Gasteiger partial charge in [0.1, 0.15) is 5.03 Å². The molecule has 2 aromatic rings. The van der Waals surface area contributed by atoms with Gasteiger partial charge in [-0.15, -0.1) is 0 Å². The Kier molecular flexibility index (Phi) is 5.18. The molecule has 1 N–H and O–H groups in total. The number of ketones is 1. The molecule has 136 valence electrons. The lowest BCUT2D eigenvalue weighted by Gasteiger charge is -2.37. The first-order valence-electron chi connectivity index (χ1n) is 7.27. The molecule has 5 nitrogen and oxygen atoms in total. The van der Waals surface area contributed by atoms with Crippen LogP contribution >= 0.6 is 34.8 Å². The summed E-state index contributed by atoms with van der Waals surface area (Å²) in [6, 6.07) is 11.9. The molecule has 9 heteroatoms. The van der Waals surface area contributed by atoms with Crippen LogP contribution in [0.2, 0.25) is 5.02 Å². The van der Waals surface area contributed by atoms with Crippen molar-refractivity contribution in [3.63, 3.8) is 0 Å². The number of fused-ring (bicyclic) bond motifs is 1. The summed E-state index contributed by atoms with van der Waals surface area (Å²) in [4.78, 5) is 12.3. The zero-order valence-corrected chi connectivity index (χ0v) is 16.4. The number of carbonyl (C=O) groups excluding carboxylic acids is 1. The van der Waals surface area contributed by atoms with E-state index in [1.54, 1.807) is 18.2 Å². The van der Waals surface area contributed by atoms with Crippen LogP contribution in [0.5, 0.6) is 0 Å². The van der Waals surface area contributed by atoms with E-state index in [0.29, 0.717) is 5.02 Å². The Morgan fingerprint density at radius 3 is 2.23 bits per heavy atom. The Morgan fingerprint density at radius 2 is 1.62 bits per heavy atom. The van der Waals surface area contributed by atoms with E-state index in [0.717, 1.165) is 0 Å². The largest absolute Gasteiger partial charge is 0.353 e. The van der Waals surface area contributed by atoms with Crippen molar-refractivity contribution in [1.82, 2.24) is 4.72 Å². The molecule has 0 spiro atoms. The van der Waals surface area contributed by atoms with Crippen molar-refractivity contribution in [3.8, 4) is 0 Å². The number of benzene rings is 2. The fourth-order valence-corrected chi connectivity index (χ4v) is 4.70. The maximum Gasteiger partial charge on any atom is 0.243 e. The summed E-state index contributed by atoms with van der Waals surface area (Å²) in [7, 11) is -2.82. The third-order valence-corrected chi connectivity index (χ3v) is 6.57. The van der Waals surface area contributed by atoms with Crippen LogP contribution in [-0.4, -0.2) is 21.3 Å². The van der Waals surface area contributed by atoms with Crippen molar-refractivity contribution in [2.75, 3.05) is 7.11 Å². The number of ether oxygens (including phenoxy) is 1. The van der Waals surface area contributed by atoms with Crippen molar-refractivity contribution in [3.05, 3.63) is 74.7 Å². The summed E-state index contributed by atoms with van der Waals surface area (Å²) in [5.41, 5.74) is -1.39. The van der Waals surface area contributed by atoms with Crippen LogP contribution < -0.4 is 4.72 Å². The summed E-state index contributed by atoms with van der Waals surface area (Å²) in [6.07, 6.45) is 0. The second-order valence-corrected chi connectivity index (χ2v) is 8.32. The van der Waals surface area contributed by atoms with Crippen LogP contribution in [0.3, 0.4) is 0 Å². The Morgan fingerprint density at radius 1 is 1.00 bits per heavy atom. The Balaban J connectivity index is 2.19. The summed E-state index contributed by atoms with van der Waals surface area (Å²) in [6.45, 7) is 0. The Bertz CT molecular complexity index is 1020. The second-order valence-electron chi connectivity index (χ2n) is 5.45. The molecule has 26 heavy (non-hydrogen) atoms. The highest BCUT2D eigenvalue weighted by molar-refractivity contribution is 7.89. The van der Waals surface area contributed by atoms with Gasteiger partial charge in [0.25, 0.3) is 0 Å². The van der Waals surface area contributed by atoms with Crippen LogP contribution in [0, 0.1) is 0 Å². The van der Waals surface area contributed by atoms with Gasteiger partial charge in [0.15, 0.2) is 5.72 Å². The minimum Gasteiger partial charge on any atom is -0.353 e. The van der Waals surface area contributed by atoms with Crippen LogP contribution in [-0.2, 0) is 20.5 Å². The van der Waals surface area contributed by atoms with Gasteiger partial charge in [-0.25, -0.2) is 8.42 Å². The van der Waals surface area contributed by atoms with Crippen molar-refractivity contribution < 1.29 is 17.9 Å². The minimum absolute atomic E-state index is 0.0479. The maximum absolute atomic E-state index is 12.9. The summed E-state index contributed by atoms with van der Waals surface area (Å²) in [5, 5.41) is -0.186. The highest BCUT2D eigenvalue weighted by atomic mass is 35.5. The zero-order chi connectivity index (χ0) is 19.1. The topological polar surface area (TPSA) is 72.5 Å². The zero-order valence-electron chi connectivity index (χ0n) is 13.3. The van der Waals surface area contributed by atoms with Gasteiger partial charge in [-0.1, -0.05) is 59.1 Å². The fourth-order valence-electron chi connectivity index (χ4n) is 2.68. The van der Waals surface area contributed by atoms with Crippen molar-refractivity contribution in [2.24, 2.45) is 0 Å². The molecule has 0 saturated carbocycles. The molecular formula is C17H12Cl3NO4S. The van der Waals surface area contributed by atoms with Crippen molar-refractivity contribution in [1.29, 1.82) is 0 Å². The first kappa shape index (κ1) is 19.4. The molecule has 0 fully saturated rings. The first-order valence-corrected chi connectivity index (χ1v) is 9.89. The lowest BCUT2D eigenvalue weighted by molar-refractivity contribution is 0.0122. The molecule has 3 rings (SSSR count). The molecule has 0 amide bonds. The number of hydrogen-bond donors (Lipinski definition) is 1. The molecule has 1 aliphatic carbocycles. The first-order chi connectivity index (χ1) is 12.2. The number of nitrogens with one attached hydrogen (secondary N) is 1. The normalized spacial score (nSPS) is 20.2. The highest BCUT2D eigenvalue weighted by Gasteiger charge is 2.48. The summed E-state index contributed by atoms with van der Waals surface area (Å²) in [5.74, 6) is -0.509. The van der Waals surface area contributed by atoms with Gasteiger partial charge >= 0.3 is 0 Å².